The van der Waals surface area contributed by atoms with Crippen molar-refractivity contribution in [3.8, 4) is 0 Å². The number of nitrogens with zero attached hydrogens (tertiary/aromatic N) is 1. The summed E-state index contributed by atoms with van der Waals surface area (Å²) in [7, 11) is -3.68. The van der Waals surface area contributed by atoms with Crippen molar-refractivity contribution in [1.82, 2.24) is 4.31 Å². The molecule has 2 aromatic rings. The van der Waals surface area contributed by atoms with Crippen LogP contribution >= 0.6 is 15.9 Å². The summed E-state index contributed by atoms with van der Waals surface area (Å²) in [5, 5.41) is 22.9. The molecule has 0 radical (unpaired) electrons. The SMILES string of the molecule is O=S(=O)(c1cccc(C(O)Nc2cccc(Br)c2)c1)N1CCC(O)C1. The number of anilines is 1. The van der Waals surface area contributed by atoms with Crippen molar-refractivity contribution in [2.75, 3.05) is 18.4 Å². The molecule has 1 heterocycles. The normalized spacial score (nSPS) is 19.7. The average molecular weight is 427 g/mol. The second-order valence-electron chi connectivity index (χ2n) is 5.94. The van der Waals surface area contributed by atoms with E-state index in [0.29, 0.717) is 24.2 Å². The van der Waals surface area contributed by atoms with Crippen LogP contribution in [-0.2, 0) is 10.0 Å². The molecule has 2 atom stereocenters. The van der Waals surface area contributed by atoms with Crippen LogP contribution in [-0.4, -0.2) is 42.1 Å². The number of hydrogen-bond acceptors (Lipinski definition) is 5. The van der Waals surface area contributed by atoms with Crippen molar-refractivity contribution in [3.63, 3.8) is 0 Å². The van der Waals surface area contributed by atoms with E-state index in [0.717, 1.165) is 4.47 Å². The number of aliphatic hydroxyl groups is 2. The Morgan fingerprint density at radius 2 is 1.96 bits per heavy atom. The van der Waals surface area contributed by atoms with Gasteiger partial charge in [0.05, 0.1) is 11.0 Å². The van der Waals surface area contributed by atoms with Gasteiger partial charge in [0.15, 0.2) is 6.23 Å². The van der Waals surface area contributed by atoms with E-state index in [1.165, 1.54) is 16.4 Å². The van der Waals surface area contributed by atoms with E-state index in [2.05, 4.69) is 21.2 Å². The predicted molar refractivity (Wildman–Crippen MR) is 98.5 cm³/mol. The lowest BCUT2D eigenvalue weighted by Gasteiger charge is -2.18. The minimum absolute atomic E-state index is 0.103. The Morgan fingerprint density at radius 3 is 2.64 bits per heavy atom. The van der Waals surface area contributed by atoms with Crippen LogP contribution in [0.4, 0.5) is 5.69 Å². The first-order valence-corrected chi connectivity index (χ1v) is 10.1. The molecule has 6 nitrogen and oxygen atoms in total. The first-order chi connectivity index (χ1) is 11.9. The van der Waals surface area contributed by atoms with E-state index in [1.54, 1.807) is 18.2 Å². The van der Waals surface area contributed by atoms with Crippen molar-refractivity contribution in [3.05, 3.63) is 58.6 Å². The zero-order chi connectivity index (χ0) is 18.0. The number of sulfonamides is 1. The molecule has 1 saturated heterocycles. The van der Waals surface area contributed by atoms with Gasteiger partial charge >= 0.3 is 0 Å². The topological polar surface area (TPSA) is 89.9 Å². The molecular weight excluding hydrogens is 408 g/mol. The third-order valence-corrected chi connectivity index (χ3v) is 6.42. The van der Waals surface area contributed by atoms with Gasteiger partial charge in [0, 0.05) is 28.8 Å². The molecule has 0 bridgehead atoms. The lowest BCUT2D eigenvalue weighted by atomic mass is 10.2. The Morgan fingerprint density at radius 1 is 1.20 bits per heavy atom. The van der Waals surface area contributed by atoms with Gasteiger partial charge in [-0.25, -0.2) is 8.42 Å². The van der Waals surface area contributed by atoms with Crippen molar-refractivity contribution < 1.29 is 18.6 Å². The summed E-state index contributed by atoms with van der Waals surface area (Å²) >= 11 is 3.36. The molecule has 0 saturated carbocycles. The zero-order valence-electron chi connectivity index (χ0n) is 13.3. The van der Waals surface area contributed by atoms with Crippen LogP contribution in [0.2, 0.25) is 0 Å². The number of nitrogens with one attached hydrogen (secondary N) is 1. The highest BCUT2D eigenvalue weighted by Gasteiger charge is 2.31. The number of aliphatic hydroxyl groups excluding tert-OH is 2. The summed E-state index contributed by atoms with van der Waals surface area (Å²) in [6.07, 6.45) is -1.23. The Bertz CT molecular complexity index is 859. The van der Waals surface area contributed by atoms with E-state index in [4.69, 9.17) is 0 Å². The molecule has 0 aliphatic carbocycles. The van der Waals surface area contributed by atoms with E-state index < -0.39 is 22.4 Å². The second kappa shape index (κ2) is 7.43. The molecule has 1 aliphatic rings. The Hall–Kier alpha value is -1.45. The molecule has 0 spiro atoms. The third-order valence-electron chi connectivity index (χ3n) is 4.07. The number of rotatable bonds is 5. The van der Waals surface area contributed by atoms with Gasteiger partial charge in [-0.05, 0) is 36.8 Å². The summed E-state index contributed by atoms with van der Waals surface area (Å²) in [4.78, 5) is 0.106. The van der Waals surface area contributed by atoms with E-state index in [-0.39, 0.29) is 11.4 Å². The van der Waals surface area contributed by atoms with Crippen LogP contribution in [0.25, 0.3) is 0 Å². The lowest BCUT2D eigenvalue weighted by Crippen LogP contribution is -2.29. The fraction of sp³-hybridized carbons (Fsp3) is 0.294. The van der Waals surface area contributed by atoms with Crippen LogP contribution in [0.3, 0.4) is 0 Å². The standard InChI is InChI=1S/C17H19BrN2O4S/c18-13-4-2-5-14(10-13)19-17(22)12-3-1-6-16(9-12)25(23,24)20-8-7-15(21)11-20/h1-6,9-10,15,17,19,21-22H,7-8,11H2. The first kappa shape index (κ1) is 18.3. The summed E-state index contributed by atoms with van der Waals surface area (Å²) in [6, 6.07) is 13.5. The van der Waals surface area contributed by atoms with Crippen molar-refractivity contribution >= 4 is 31.6 Å². The van der Waals surface area contributed by atoms with Crippen LogP contribution in [0.1, 0.15) is 18.2 Å². The third kappa shape index (κ3) is 4.21. The molecule has 3 N–H and O–H groups in total. The summed E-state index contributed by atoms with van der Waals surface area (Å²) < 4.78 is 27.5. The smallest absolute Gasteiger partial charge is 0.243 e. The Balaban J connectivity index is 1.81. The molecule has 134 valence electrons. The fourth-order valence-electron chi connectivity index (χ4n) is 2.74. The molecule has 3 rings (SSSR count). The predicted octanol–water partition coefficient (Wildman–Crippen LogP) is 2.31. The number of hydrogen-bond donors (Lipinski definition) is 3. The molecule has 1 fully saturated rings. The highest BCUT2D eigenvalue weighted by Crippen LogP contribution is 2.25. The highest BCUT2D eigenvalue weighted by atomic mass is 79.9. The lowest BCUT2D eigenvalue weighted by molar-refractivity contribution is 0.189. The van der Waals surface area contributed by atoms with E-state index >= 15 is 0 Å². The van der Waals surface area contributed by atoms with Crippen molar-refractivity contribution in [1.29, 1.82) is 0 Å². The maximum absolute atomic E-state index is 12.7. The van der Waals surface area contributed by atoms with Crippen LogP contribution in [0, 0.1) is 0 Å². The molecule has 0 amide bonds. The van der Waals surface area contributed by atoms with Gasteiger partial charge < -0.3 is 15.5 Å². The van der Waals surface area contributed by atoms with Gasteiger partial charge in [0.25, 0.3) is 0 Å². The van der Waals surface area contributed by atoms with Gasteiger partial charge in [0.2, 0.25) is 10.0 Å². The number of β-amino-alcohol motifs (C(OH)–C–C–N with tert-alkyl or cyclic N) is 1. The van der Waals surface area contributed by atoms with Gasteiger partial charge in [-0.1, -0.05) is 34.1 Å². The van der Waals surface area contributed by atoms with Crippen LogP contribution in [0.5, 0.6) is 0 Å². The van der Waals surface area contributed by atoms with Gasteiger partial charge in [-0.3, -0.25) is 0 Å². The quantitative estimate of drug-likeness (QED) is 0.638. The largest absolute Gasteiger partial charge is 0.392 e. The summed E-state index contributed by atoms with van der Waals surface area (Å²) in [5.74, 6) is 0. The molecule has 1 aliphatic heterocycles. The molecule has 25 heavy (non-hydrogen) atoms. The van der Waals surface area contributed by atoms with Crippen molar-refractivity contribution in [2.24, 2.45) is 0 Å². The highest BCUT2D eigenvalue weighted by molar-refractivity contribution is 9.10. The average Bonchev–Trinajstić information content (AvgIpc) is 3.02. The van der Waals surface area contributed by atoms with E-state index in [1.807, 2.05) is 18.2 Å². The molecule has 2 unspecified atom stereocenters. The number of benzene rings is 2. The minimum Gasteiger partial charge on any atom is -0.392 e. The van der Waals surface area contributed by atoms with E-state index in [9.17, 15) is 18.6 Å². The van der Waals surface area contributed by atoms with Crippen molar-refractivity contribution in [2.45, 2.75) is 23.6 Å². The maximum Gasteiger partial charge on any atom is 0.243 e. The maximum atomic E-state index is 12.7. The molecule has 8 heteroatoms. The number of halogens is 1. The fourth-order valence-corrected chi connectivity index (χ4v) is 4.69. The van der Waals surface area contributed by atoms with Crippen LogP contribution < -0.4 is 5.32 Å². The zero-order valence-corrected chi connectivity index (χ0v) is 15.7. The Kier molecular flexibility index (Phi) is 5.45. The molecule has 2 aromatic carbocycles. The van der Waals surface area contributed by atoms with Gasteiger partial charge in [-0.15, -0.1) is 0 Å². The summed E-state index contributed by atoms with van der Waals surface area (Å²) in [5.41, 5.74) is 1.15. The monoisotopic (exact) mass is 426 g/mol. The summed E-state index contributed by atoms with van der Waals surface area (Å²) in [6.45, 7) is 0.401. The first-order valence-electron chi connectivity index (χ1n) is 7.84. The molecular formula is C17H19BrN2O4S. The Labute approximate surface area is 155 Å². The second-order valence-corrected chi connectivity index (χ2v) is 8.79. The van der Waals surface area contributed by atoms with Crippen LogP contribution in [0.15, 0.2) is 57.9 Å². The molecule has 0 aromatic heterocycles. The van der Waals surface area contributed by atoms with Gasteiger partial charge in [0.1, 0.15) is 0 Å². The minimum atomic E-state index is -3.68. The van der Waals surface area contributed by atoms with Gasteiger partial charge in [-0.2, -0.15) is 4.31 Å².